The Balaban J connectivity index is 2.30. The molecule has 0 aromatic rings. The maximum atomic E-state index is 11.5. The van der Waals surface area contributed by atoms with E-state index < -0.39 is 18.2 Å². The van der Waals surface area contributed by atoms with Gasteiger partial charge in [-0.15, -0.1) is 0 Å². The molecule has 2 atom stereocenters. The number of carbonyl (C=O) groups is 2. The van der Waals surface area contributed by atoms with Crippen molar-refractivity contribution in [1.29, 1.82) is 0 Å². The molecule has 16 heavy (non-hydrogen) atoms. The molecule has 1 aliphatic heterocycles. The first kappa shape index (κ1) is 12.9. The maximum absolute atomic E-state index is 11.5. The van der Waals surface area contributed by atoms with E-state index in [1.807, 2.05) is 0 Å². The van der Waals surface area contributed by atoms with E-state index in [-0.39, 0.29) is 12.5 Å². The lowest BCUT2D eigenvalue weighted by molar-refractivity contribution is -0.148. The summed E-state index contributed by atoms with van der Waals surface area (Å²) in [5, 5.41) is 14.2. The van der Waals surface area contributed by atoms with Gasteiger partial charge in [0.05, 0.1) is 13.2 Å². The summed E-state index contributed by atoms with van der Waals surface area (Å²) < 4.78 is 9.88. The Labute approximate surface area is 93.1 Å². The van der Waals surface area contributed by atoms with Crippen molar-refractivity contribution in [3.05, 3.63) is 0 Å². The minimum absolute atomic E-state index is 0.0650. The Morgan fingerprint density at radius 1 is 1.69 bits per heavy atom. The molecular formula is C9H16N2O5. The molecule has 1 aliphatic rings. The number of nitrogens with one attached hydrogen (secondary N) is 2. The molecule has 2 unspecified atom stereocenters. The normalized spacial score (nSPS) is 22.4. The van der Waals surface area contributed by atoms with E-state index in [4.69, 9.17) is 9.84 Å². The highest BCUT2D eigenvalue weighted by atomic mass is 16.5. The van der Waals surface area contributed by atoms with Crippen molar-refractivity contribution < 1.29 is 24.2 Å². The van der Waals surface area contributed by atoms with Crippen LogP contribution in [-0.2, 0) is 19.1 Å². The Morgan fingerprint density at radius 2 is 2.44 bits per heavy atom. The molecule has 0 radical (unpaired) electrons. The highest BCUT2D eigenvalue weighted by Gasteiger charge is 2.24. The number of carbonyl (C=O) groups excluding carboxylic acids is 1. The first-order valence-electron chi connectivity index (χ1n) is 5.00. The minimum Gasteiger partial charge on any atom is -0.479 e. The van der Waals surface area contributed by atoms with E-state index in [1.54, 1.807) is 0 Å². The third kappa shape index (κ3) is 3.76. The number of carboxylic acids is 1. The van der Waals surface area contributed by atoms with Crippen molar-refractivity contribution in [2.24, 2.45) is 0 Å². The van der Waals surface area contributed by atoms with Gasteiger partial charge < -0.3 is 25.2 Å². The van der Waals surface area contributed by atoms with Gasteiger partial charge in [-0.1, -0.05) is 0 Å². The predicted octanol–water partition coefficient (Wildman–Crippen LogP) is -1.81. The molecule has 1 fully saturated rings. The van der Waals surface area contributed by atoms with Crippen LogP contribution < -0.4 is 10.6 Å². The summed E-state index contributed by atoms with van der Waals surface area (Å²) >= 11 is 0. The lowest BCUT2D eigenvalue weighted by atomic mass is 10.2. The number of hydrogen-bond donors (Lipinski definition) is 3. The standard InChI is InChI=1S/C9H16N2O5/c1-15-7(9(13)14)5-11-8(12)6-4-10-2-3-16-6/h6-7,10H,2-5H2,1H3,(H,11,12)(H,13,14). The Kier molecular flexibility index (Phi) is 5.17. The topological polar surface area (TPSA) is 96.9 Å². The molecular weight excluding hydrogens is 216 g/mol. The molecule has 0 aromatic carbocycles. The van der Waals surface area contributed by atoms with Gasteiger partial charge in [-0.05, 0) is 0 Å². The zero-order chi connectivity index (χ0) is 12.0. The largest absolute Gasteiger partial charge is 0.479 e. The summed E-state index contributed by atoms with van der Waals surface area (Å²) in [6.07, 6.45) is -1.58. The van der Waals surface area contributed by atoms with Gasteiger partial charge >= 0.3 is 5.97 Å². The number of rotatable bonds is 5. The zero-order valence-corrected chi connectivity index (χ0v) is 9.06. The van der Waals surface area contributed by atoms with Crippen LogP contribution in [0.25, 0.3) is 0 Å². The van der Waals surface area contributed by atoms with Gasteiger partial charge in [-0.2, -0.15) is 0 Å². The Hall–Kier alpha value is -1.18. The number of hydrogen-bond acceptors (Lipinski definition) is 5. The smallest absolute Gasteiger partial charge is 0.334 e. The molecule has 7 nitrogen and oxygen atoms in total. The van der Waals surface area contributed by atoms with Crippen LogP contribution in [0.2, 0.25) is 0 Å². The predicted molar refractivity (Wildman–Crippen MR) is 54.1 cm³/mol. The van der Waals surface area contributed by atoms with Crippen LogP contribution in [0.5, 0.6) is 0 Å². The molecule has 0 aromatic heterocycles. The van der Waals surface area contributed by atoms with Crippen molar-refractivity contribution in [2.45, 2.75) is 12.2 Å². The van der Waals surface area contributed by atoms with Gasteiger partial charge in [0, 0.05) is 20.2 Å². The number of carboxylic acid groups (broad SMARTS) is 1. The SMILES string of the molecule is COC(CNC(=O)C1CNCCO1)C(=O)O. The number of methoxy groups -OCH3 is 1. The number of amides is 1. The molecule has 1 amide bonds. The third-order valence-corrected chi connectivity index (χ3v) is 2.24. The van der Waals surface area contributed by atoms with Gasteiger partial charge in [0.2, 0.25) is 0 Å². The van der Waals surface area contributed by atoms with Gasteiger partial charge in [-0.3, -0.25) is 4.79 Å². The van der Waals surface area contributed by atoms with Crippen LogP contribution in [0.4, 0.5) is 0 Å². The van der Waals surface area contributed by atoms with E-state index in [1.165, 1.54) is 7.11 Å². The molecule has 1 heterocycles. The minimum atomic E-state index is -1.11. The summed E-state index contributed by atoms with van der Waals surface area (Å²) in [4.78, 5) is 22.1. The van der Waals surface area contributed by atoms with Crippen molar-refractivity contribution in [3.8, 4) is 0 Å². The van der Waals surface area contributed by atoms with Crippen LogP contribution in [0.1, 0.15) is 0 Å². The first-order valence-corrected chi connectivity index (χ1v) is 5.00. The lowest BCUT2D eigenvalue weighted by Crippen LogP contribution is -2.50. The van der Waals surface area contributed by atoms with Crippen LogP contribution in [-0.4, -0.2) is 62.5 Å². The second-order valence-electron chi connectivity index (χ2n) is 3.37. The molecule has 7 heteroatoms. The summed E-state index contributed by atoms with van der Waals surface area (Å²) in [6.45, 7) is 1.57. The van der Waals surface area contributed by atoms with Crippen LogP contribution in [0.15, 0.2) is 0 Å². The number of morpholine rings is 1. The van der Waals surface area contributed by atoms with Crippen molar-refractivity contribution >= 4 is 11.9 Å². The molecule has 1 rings (SSSR count). The fourth-order valence-electron chi connectivity index (χ4n) is 1.31. The van der Waals surface area contributed by atoms with Crippen LogP contribution in [0.3, 0.4) is 0 Å². The van der Waals surface area contributed by atoms with Crippen LogP contribution >= 0.6 is 0 Å². The molecule has 0 aliphatic carbocycles. The van der Waals surface area contributed by atoms with E-state index >= 15 is 0 Å². The molecule has 0 bridgehead atoms. The second kappa shape index (κ2) is 6.41. The average molecular weight is 232 g/mol. The summed E-state index contributed by atoms with van der Waals surface area (Å²) in [5.74, 6) is -1.43. The molecule has 0 saturated carbocycles. The fourth-order valence-corrected chi connectivity index (χ4v) is 1.31. The molecule has 92 valence electrons. The van der Waals surface area contributed by atoms with E-state index in [2.05, 4.69) is 15.4 Å². The van der Waals surface area contributed by atoms with Crippen molar-refractivity contribution in [2.75, 3.05) is 33.4 Å². The number of ether oxygens (including phenoxy) is 2. The molecule has 3 N–H and O–H groups in total. The maximum Gasteiger partial charge on any atom is 0.334 e. The number of aliphatic carboxylic acids is 1. The highest BCUT2D eigenvalue weighted by Crippen LogP contribution is 1.96. The fraction of sp³-hybridized carbons (Fsp3) is 0.778. The molecule has 1 saturated heterocycles. The average Bonchev–Trinajstić information content (AvgIpc) is 2.30. The van der Waals surface area contributed by atoms with E-state index in [9.17, 15) is 9.59 Å². The van der Waals surface area contributed by atoms with Gasteiger partial charge in [-0.25, -0.2) is 4.79 Å². The zero-order valence-electron chi connectivity index (χ0n) is 9.06. The second-order valence-corrected chi connectivity index (χ2v) is 3.37. The van der Waals surface area contributed by atoms with Crippen molar-refractivity contribution in [3.63, 3.8) is 0 Å². The molecule has 0 spiro atoms. The summed E-state index contributed by atoms with van der Waals surface area (Å²) in [5.41, 5.74) is 0. The van der Waals surface area contributed by atoms with Crippen molar-refractivity contribution in [1.82, 2.24) is 10.6 Å². The van der Waals surface area contributed by atoms with E-state index in [0.29, 0.717) is 13.2 Å². The monoisotopic (exact) mass is 232 g/mol. The quantitative estimate of drug-likeness (QED) is 0.517. The van der Waals surface area contributed by atoms with Crippen LogP contribution in [0, 0.1) is 0 Å². The summed E-state index contributed by atoms with van der Waals surface area (Å²) in [6, 6.07) is 0. The van der Waals surface area contributed by atoms with Gasteiger partial charge in [0.25, 0.3) is 5.91 Å². The highest BCUT2D eigenvalue weighted by molar-refractivity contribution is 5.82. The summed E-state index contributed by atoms with van der Waals surface area (Å²) in [7, 11) is 1.28. The third-order valence-electron chi connectivity index (χ3n) is 2.24. The van der Waals surface area contributed by atoms with Gasteiger partial charge in [0.1, 0.15) is 6.10 Å². The van der Waals surface area contributed by atoms with Gasteiger partial charge in [0.15, 0.2) is 6.10 Å². The van der Waals surface area contributed by atoms with E-state index in [0.717, 1.165) is 6.54 Å². The Bertz CT molecular complexity index is 252. The Morgan fingerprint density at radius 3 is 2.94 bits per heavy atom. The first-order chi connectivity index (χ1) is 7.65. The lowest BCUT2D eigenvalue weighted by Gasteiger charge is -2.23.